The number of carbonyl (C=O) groups excluding carboxylic acids is 1. The van der Waals surface area contributed by atoms with Crippen molar-refractivity contribution in [1.82, 2.24) is 14.9 Å². The molecule has 0 aliphatic heterocycles. The Morgan fingerprint density at radius 1 is 1.16 bits per heavy atom. The van der Waals surface area contributed by atoms with Gasteiger partial charge in [-0.3, -0.25) is 4.79 Å². The number of hydrogen-bond donors (Lipinski definition) is 1. The average molecular weight is 420 g/mol. The lowest BCUT2D eigenvalue weighted by Crippen LogP contribution is -2.30. The van der Waals surface area contributed by atoms with Crippen molar-refractivity contribution in [3.05, 3.63) is 72.6 Å². The van der Waals surface area contributed by atoms with Crippen LogP contribution in [0.3, 0.4) is 0 Å². The molecule has 0 atom stereocenters. The fourth-order valence-electron chi connectivity index (χ4n) is 3.59. The number of aryl methyl sites for hydroxylation is 1. The molecule has 0 aliphatic carbocycles. The first-order valence-corrected chi connectivity index (χ1v) is 11.1. The molecule has 0 spiro atoms. The number of rotatable bonds is 12. The monoisotopic (exact) mass is 419 g/mol. The third-order valence-corrected chi connectivity index (χ3v) is 5.28. The van der Waals surface area contributed by atoms with Crippen LogP contribution in [0.4, 0.5) is 0 Å². The van der Waals surface area contributed by atoms with Crippen molar-refractivity contribution in [2.24, 2.45) is 5.92 Å². The number of ether oxygens (including phenoxy) is 1. The van der Waals surface area contributed by atoms with Gasteiger partial charge in [-0.1, -0.05) is 50.3 Å². The summed E-state index contributed by atoms with van der Waals surface area (Å²) in [5.41, 5.74) is 3.32. The van der Waals surface area contributed by atoms with Crippen LogP contribution >= 0.6 is 0 Å². The highest BCUT2D eigenvalue weighted by Gasteiger charge is 2.12. The molecule has 31 heavy (non-hydrogen) atoms. The van der Waals surface area contributed by atoms with Gasteiger partial charge < -0.3 is 14.6 Å². The molecule has 5 heteroatoms. The van der Waals surface area contributed by atoms with E-state index in [1.807, 2.05) is 56.3 Å². The predicted octanol–water partition coefficient (Wildman–Crippen LogP) is 4.94. The van der Waals surface area contributed by atoms with Crippen molar-refractivity contribution in [3.63, 3.8) is 0 Å². The molecule has 3 rings (SSSR count). The fraction of sp³-hybridized carbons (Fsp3) is 0.385. The van der Waals surface area contributed by atoms with E-state index in [9.17, 15) is 4.79 Å². The molecule has 0 bridgehead atoms. The zero-order chi connectivity index (χ0) is 22.1. The quantitative estimate of drug-likeness (QED) is 0.334. The molecule has 5 nitrogen and oxygen atoms in total. The molecule has 3 aromatic rings. The van der Waals surface area contributed by atoms with Crippen molar-refractivity contribution in [3.8, 4) is 5.75 Å². The van der Waals surface area contributed by atoms with Gasteiger partial charge in [0, 0.05) is 25.4 Å². The summed E-state index contributed by atoms with van der Waals surface area (Å²) in [6.07, 6.45) is 5.39. The van der Waals surface area contributed by atoms with E-state index in [-0.39, 0.29) is 11.8 Å². The number of allylic oxidation sites excluding steroid dienone is 1. The number of unbranched alkanes of at least 4 members (excludes halogenated alkanes) is 1. The Hall–Kier alpha value is -3.08. The Labute approximate surface area is 185 Å². The molecule has 0 saturated heterocycles. The summed E-state index contributed by atoms with van der Waals surface area (Å²) in [5.74, 6) is 2.03. The molecule has 0 unspecified atom stereocenters. The van der Waals surface area contributed by atoms with Gasteiger partial charge in [-0.2, -0.15) is 0 Å². The zero-order valence-electron chi connectivity index (χ0n) is 18.6. The fourth-order valence-corrected chi connectivity index (χ4v) is 3.59. The summed E-state index contributed by atoms with van der Waals surface area (Å²) in [4.78, 5) is 16.7. The van der Waals surface area contributed by atoms with Crippen LogP contribution in [-0.4, -0.2) is 28.6 Å². The van der Waals surface area contributed by atoms with Crippen LogP contribution in [0.25, 0.3) is 11.0 Å². The van der Waals surface area contributed by atoms with Gasteiger partial charge in [0.05, 0.1) is 17.6 Å². The summed E-state index contributed by atoms with van der Waals surface area (Å²) in [7, 11) is 0. The first-order valence-electron chi connectivity index (χ1n) is 11.1. The van der Waals surface area contributed by atoms with Crippen LogP contribution in [0.5, 0.6) is 5.75 Å². The van der Waals surface area contributed by atoms with Gasteiger partial charge in [0.25, 0.3) is 0 Å². The average Bonchev–Trinajstić information content (AvgIpc) is 3.12. The molecule has 1 aromatic heterocycles. The molecular formula is C26H33N3O2. The standard InChI is InChI=1S/C26H33N3O2/c1-4-11-21-12-5-8-15-24(21)31-19-10-9-18-29-23-14-7-6-13-22(23)28-25(29)16-17-27-26(30)20(2)3/h4-8,12-15,20H,1,9-11,16-19H2,2-3H3,(H,27,30). The van der Waals surface area contributed by atoms with Gasteiger partial charge in [0.1, 0.15) is 11.6 Å². The van der Waals surface area contributed by atoms with Crippen LogP contribution in [0.15, 0.2) is 61.2 Å². The second kappa shape index (κ2) is 11.3. The summed E-state index contributed by atoms with van der Waals surface area (Å²) in [6.45, 7) is 9.79. The summed E-state index contributed by atoms with van der Waals surface area (Å²) < 4.78 is 8.30. The van der Waals surface area contributed by atoms with E-state index in [1.54, 1.807) is 0 Å². The lowest BCUT2D eigenvalue weighted by atomic mass is 10.1. The highest BCUT2D eigenvalue weighted by Crippen LogP contribution is 2.20. The first kappa shape index (κ1) is 22.6. The first-order chi connectivity index (χ1) is 15.1. The Morgan fingerprint density at radius 3 is 2.74 bits per heavy atom. The van der Waals surface area contributed by atoms with E-state index in [0.717, 1.165) is 54.8 Å². The van der Waals surface area contributed by atoms with E-state index in [4.69, 9.17) is 9.72 Å². The molecule has 0 radical (unpaired) electrons. The topological polar surface area (TPSA) is 56.1 Å². The summed E-state index contributed by atoms with van der Waals surface area (Å²) in [5, 5.41) is 2.99. The number of imidazole rings is 1. The summed E-state index contributed by atoms with van der Waals surface area (Å²) in [6, 6.07) is 16.3. The highest BCUT2D eigenvalue weighted by molar-refractivity contribution is 5.78. The van der Waals surface area contributed by atoms with E-state index >= 15 is 0 Å². The number of fused-ring (bicyclic) bond motifs is 1. The van der Waals surface area contributed by atoms with Gasteiger partial charge in [-0.25, -0.2) is 4.98 Å². The maximum absolute atomic E-state index is 11.9. The van der Waals surface area contributed by atoms with Crippen molar-refractivity contribution < 1.29 is 9.53 Å². The molecule has 1 N–H and O–H groups in total. The van der Waals surface area contributed by atoms with Crippen molar-refractivity contribution >= 4 is 16.9 Å². The molecule has 0 aliphatic rings. The van der Waals surface area contributed by atoms with Crippen LogP contribution in [0.1, 0.15) is 38.1 Å². The number of amides is 1. The van der Waals surface area contributed by atoms with Crippen LogP contribution in [0.2, 0.25) is 0 Å². The van der Waals surface area contributed by atoms with Gasteiger partial charge in [-0.05, 0) is 43.0 Å². The number of aromatic nitrogens is 2. The summed E-state index contributed by atoms with van der Waals surface area (Å²) >= 11 is 0. The van der Waals surface area contributed by atoms with Gasteiger partial charge >= 0.3 is 0 Å². The number of carbonyl (C=O) groups is 1. The Kier molecular flexibility index (Phi) is 8.27. The van der Waals surface area contributed by atoms with E-state index in [0.29, 0.717) is 13.2 Å². The van der Waals surface area contributed by atoms with E-state index in [2.05, 4.69) is 28.6 Å². The van der Waals surface area contributed by atoms with E-state index in [1.165, 1.54) is 5.56 Å². The maximum atomic E-state index is 11.9. The number of para-hydroxylation sites is 3. The predicted molar refractivity (Wildman–Crippen MR) is 126 cm³/mol. The Balaban J connectivity index is 1.56. The minimum absolute atomic E-state index is 0.00423. The van der Waals surface area contributed by atoms with Crippen molar-refractivity contribution in [2.45, 2.75) is 46.1 Å². The molecule has 0 fully saturated rings. The number of nitrogens with one attached hydrogen (secondary N) is 1. The van der Waals surface area contributed by atoms with Crippen LogP contribution in [-0.2, 0) is 24.2 Å². The van der Waals surface area contributed by atoms with Crippen LogP contribution in [0, 0.1) is 5.92 Å². The molecule has 0 saturated carbocycles. The Bertz CT molecular complexity index is 1010. The van der Waals surface area contributed by atoms with Gasteiger partial charge in [0.15, 0.2) is 0 Å². The second-order valence-electron chi connectivity index (χ2n) is 8.02. The van der Waals surface area contributed by atoms with Gasteiger partial charge in [0.2, 0.25) is 5.91 Å². The largest absolute Gasteiger partial charge is 0.493 e. The normalized spacial score (nSPS) is 11.1. The number of benzene rings is 2. The van der Waals surface area contributed by atoms with Gasteiger partial charge in [-0.15, -0.1) is 6.58 Å². The third kappa shape index (κ3) is 6.20. The highest BCUT2D eigenvalue weighted by atomic mass is 16.5. The van der Waals surface area contributed by atoms with Crippen LogP contribution < -0.4 is 10.1 Å². The second-order valence-corrected chi connectivity index (χ2v) is 8.02. The third-order valence-electron chi connectivity index (χ3n) is 5.28. The maximum Gasteiger partial charge on any atom is 0.222 e. The molecule has 1 amide bonds. The van der Waals surface area contributed by atoms with Crippen molar-refractivity contribution in [2.75, 3.05) is 13.2 Å². The number of nitrogens with zero attached hydrogens (tertiary/aromatic N) is 2. The lowest BCUT2D eigenvalue weighted by molar-refractivity contribution is -0.123. The molecule has 164 valence electrons. The zero-order valence-corrected chi connectivity index (χ0v) is 18.6. The molecule has 1 heterocycles. The smallest absolute Gasteiger partial charge is 0.222 e. The van der Waals surface area contributed by atoms with E-state index < -0.39 is 0 Å². The SMILES string of the molecule is C=CCc1ccccc1OCCCCn1c(CCNC(=O)C(C)C)nc2ccccc21. The molecule has 2 aromatic carbocycles. The number of hydrogen-bond acceptors (Lipinski definition) is 3. The minimum atomic E-state index is -0.00423. The minimum Gasteiger partial charge on any atom is -0.493 e. The lowest BCUT2D eigenvalue weighted by Gasteiger charge is -2.12. The Morgan fingerprint density at radius 2 is 1.94 bits per heavy atom. The molecular weight excluding hydrogens is 386 g/mol. The van der Waals surface area contributed by atoms with Crippen molar-refractivity contribution in [1.29, 1.82) is 0 Å².